The van der Waals surface area contributed by atoms with Crippen molar-refractivity contribution in [2.45, 2.75) is 0 Å². The lowest BCUT2D eigenvalue weighted by Gasteiger charge is -1.99. The molecule has 0 aromatic heterocycles. The van der Waals surface area contributed by atoms with Gasteiger partial charge in [-0.3, -0.25) is 5.84 Å². The van der Waals surface area contributed by atoms with Gasteiger partial charge in [-0.2, -0.15) is 0 Å². The van der Waals surface area contributed by atoms with Crippen LogP contribution in [0.2, 0.25) is 0 Å². The molecule has 0 aliphatic heterocycles. The first-order valence-electron chi connectivity index (χ1n) is 1.15. The van der Waals surface area contributed by atoms with Gasteiger partial charge in [0.15, 0.2) is 0 Å². The molecule has 1 atom stereocenters. The summed E-state index contributed by atoms with van der Waals surface area (Å²) in [5.74, 6) is 5.06. The molecule has 0 spiro atoms. The Balaban J connectivity index is 2.54. The van der Waals surface area contributed by atoms with E-state index in [9.17, 15) is 0 Å². The molecule has 32 valence electrons. The smallest absolute Gasteiger partial charge is 0.0217 e. The summed E-state index contributed by atoms with van der Waals surface area (Å²) in [5.41, 5.74) is 0. The Kier molecular flexibility index (Phi) is 3.32. The van der Waals surface area contributed by atoms with Crippen molar-refractivity contribution in [1.82, 2.24) is 4.78 Å². The highest BCUT2D eigenvalue weighted by Crippen LogP contribution is 2.13. The molecule has 2 nitrogen and oxygen atoms in total. The molecule has 2 N–H and O–H groups in total. The number of nitrogens with two attached hydrogens (primary N) is 1. The van der Waals surface area contributed by atoms with E-state index >= 15 is 0 Å². The van der Waals surface area contributed by atoms with Gasteiger partial charge in [0.2, 0.25) is 0 Å². The molecule has 0 aliphatic rings. The summed E-state index contributed by atoms with van der Waals surface area (Å²) in [5, 5.41) is 0. The number of hydrazine groups is 1. The highest BCUT2D eigenvalue weighted by Gasteiger charge is 1.72. The lowest BCUT2D eigenvalue weighted by Crippen LogP contribution is -2.12. The van der Waals surface area contributed by atoms with Crippen LogP contribution in [0.1, 0.15) is 0 Å². The first kappa shape index (κ1) is 5.70. The number of hydrogen-bond acceptors (Lipinski definition) is 3. The summed E-state index contributed by atoms with van der Waals surface area (Å²) in [6.07, 6.45) is 0. The first-order valence-corrected chi connectivity index (χ1v) is 3.39. The van der Waals surface area contributed by atoms with Crippen LogP contribution in [0.3, 0.4) is 0 Å². The van der Waals surface area contributed by atoms with E-state index in [-0.39, 0.29) is 0 Å². The number of thiol groups is 1. The molecule has 0 saturated heterocycles. The van der Waals surface area contributed by atoms with Gasteiger partial charge in [0, 0.05) is 15.0 Å². The molecular weight excluding hydrogens is 103 g/mol. The predicted molar refractivity (Wildman–Crippen MR) is 29.3 cm³/mol. The van der Waals surface area contributed by atoms with Crippen molar-refractivity contribution in [1.29, 1.82) is 0 Å². The maximum absolute atomic E-state index is 5.06. The fraction of sp³-hybridized carbons (Fsp3) is 1.00. The van der Waals surface area contributed by atoms with E-state index in [2.05, 4.69) is 12.2 Å². The normalized spacial score (nSPS) is 12.0. The maximum Gasteiger partial charge on any atom is 0.0217 e. The van der Waals surface area contributed by atoms with Gasteiger partial charge in [-0.25, -0.2) is 4.78 Å². The van der Waals surface area contributed by atoms with Crippen molar-refractivity contribution >= 4 is 20.2 Å². The molecule has 0 aliphatic carbocycles. The van der Waals surface area contributed by atoms with Crippen molar-refractivity contribution in [3.05, 3.63) is 0 Å². The Morgan fingerprint density at radius 1 is 2.00 bits per heavy atom. The minimum atomic E-state index is 0.420. The minimum Gasteiger partial charge on any atom is -0.265 e. The van der Waals surface area contributed by atoms with Crippen LogP contribution < -0.4 is 5.84 Å². The molecule has 4 heteroatoms. The Labute approximate surface area is 38.7 Å². The third-order valence-electron chi connectivity index (χ3n) is 0.158. The zero-order valence-electron chi connectivity index (χ0n) is 2.97. The average Bonchev–Trinajstić information content (AvgIpc) is 1.38. The van der Waals surface area contributed by atoms with Crippen molar-refractivity contribution in [2.24, 2.45) is 5.84 Å². The predicted octanol–water partition coefficient (Wildman–Crippen LogP) is 0.230. The molecule has 0 aromatic rings. The third-order valence-corrected chi connectivity index (χ3v) is 1.42. The van der Waals surface area contributed by atoms with Gasteiger partial charge >= 0.3 is 0 Å². The maximum atomic E-state index is 5.06. The van der Waals surface area contributed by atoms with Crippen LogP contribution in [0.15, 0.2) is 0 Å². The number of nitrogens with zero attached hydrogens (tertiary/aromatic N) is 1. The zero-order valence-corrected chi connectivity index (χ0v) is 4.87. The molecule has 0 aromatic carbocycles. The Morgan fingerprint density at radius 3 is 2.20 bits per heavy atom. The van der Waals surface area contributed by atoms with Crippen molar-refractivity contribution in [2.75, 3.05) is 7.05 Å². The Bertz CT molecular complexity index is 23.6. The molecule has 0 saturated carbocycles. The molecule has 1 unspecified atom stereocenters. The van der Waals surface area contributed by atoms with Crippen molar-refractivity contribution in [3.8, 4) is 0 Å². The quantitative estimate of drug-likeness (QED) is 0.219. The van der Waals surface area contributed by atoms with Crippen LogP contribution in [0.4, 0.5) is 0 Å². The molecule has 0 bridgehead atoms. The lowest BCUT2D eigenvalue weighted by atomic mass is 11.5. The highest BCUT2D eigenvalue weighted by atomic mass is 32.7. The molecule has 0 fully saturated rings. The Hall–Kier alpha value is 0.700. The van der Waals surface area contributed by atoms with Crippen molar-refractivity contribution < 1.29 is 0 Å². The fourth-order valence-corrected chi connectivity index (χ4v) is 0. The van der Waals surface area contributed by atoms with Crippen LogP contribution in [-0.2, 0) is 0 Å². The van der Waals surface area contributed by atoms with Crippen LogP contribution in [0, 0.1) is 0 Å². The molecule has 0 amide bonds. The van der Waals surface area contributed by atoms with Crippen molar-refractivity contribution in [3.63, 3.8) is 0 Å². The van der Waals surface area contributed by atoms with E-state index in [1.807, 2.05) is 0 Å². The monoisotopic (exact) mass is 110 g/mol. The first-order chi connectivity index (χ1) is 2.27. The second kappa shape index (κ2) is 2.91. The summed E-state index contributed by atoms with van der Waals surface area (Å²) in [6, 6.07) is 0. The zero-order chi connectivity index (χ0) is 4.28. The second-order valence-corrected chi connectivity index (χ2v) is 2.22. The van der Waals surface area contributed by atoms with Gasteiger partial charge in [0.1, 0.15) is 0 Å². The largest absolute Gasteiger partial charge is 0.265 e. The SMILES string of the molecule is CN(N)PS. The van der Waals surface area contributed by atoms with E-state index < -0.39 is 0 Å². The topological polar surface area (TPSA) is 29.3 Å². The molecule has 5 heavy (non-hydrogen) atoms. The van der Waals surface area contributed by atoms with Gasteiger partial charge < -0.3 is 0 Å². The average molecular weight is 110 g/mol. The second-order valence-electron chi connectivity index (χ2n) is 0.711. The molecule has 0 radical (unpaired) electrons. The van der Waals surface area contributed by atoms with E-state index in [1.165, 1.54) is 4.78 Å². The van der Waals surface area contributed by atoms with E-state index in [0.717, 1.165) is 0 Å². The molecular formula is CH7N2PS. The third kappa shape index (κ3) is 4.70. The van der Waals surface area contributed by atoms with Gasteiger partial charge in [0.25, 0.3) is 0 Å². The van der Waals surface area contributed by atoms with E-state index in [0.29, 0.717) is 7.93 Å². The number of rotatable bonds is 1. The van der Waals surface area contributed by atoms with Gasteiger partial charge in [-0.05, 0) is 0 Å². The fourth-order valence-electron chi connectivity index (χ4n) is 0. The van der Waals surface area contributed by atoms with E-state index in [1.54, 1.807) is 7.05 Å². The van der Waals surface area contributed by atoms with Gasteiger partial charge in [0.05, 0.1) is 0 Å². The van der Waals surface area contributed by atoms with Crippen LogP contribution in [-0.4, -0.2) is 11.8 Å². The Morgan fingerprint density at radius 2 is 2.20 bits per heavy atom. The summed E-state index contributed by atoms with van der Waals surface area (Å²) >= 11 is 3.84. The minimum absolute atomic E-state index is 0.420. The summed E-state index contributed by atoms with van der Waals surface area (Å²) < 4.78 is 1.52. The van der Waals surface area contributed by atoms with Gasteiger partial charge in [-0.15, -0.1) is 12.2 Å². The molecule has 0 heterocycles. The van der Waals surface area contributed by atoms with Crippen LogP contribution in [0.25, 0.3) is 0 Å². The van der Waals surface area contributed by atoms with Crippen LogP contribution >= 0.6 is 20.2 Å². The standard InChI is InChI=1S/CH7N2PS/c1-3(2)4-5/h4-5H,2H2,1H3. The van der Waals surface area contributed by atoms with E-state index in [4.69, 9.17) is 5.84 Å². The van der Waals surface area contributed by atoms with Crippen LogP contribution in [0.5, 0.6) is 0 Å². The lowest BCUT2D eigenvalue weighted by molar-refractivity contribution is 0.607. The summed E-state index contributed by atoms with van der Waals surface area (Å²) in [7, 11) is 2.19. The highest BCUT2D eigenvalue weighted by molar-refractivity contribution is 8.37. The molecule has 0 rings (SSSR count). The summed E-state index contributed by atoms with van der Waals surface area (Å²) in [4.78, 5) is 0. The number of hydrogen-bond donors (Lipinski definition) is 2. The summed E-state index contributed by atoms with van der Waals surface area (Å²) in [6.45, 7) is 0. The van der Waals surface area contributed by atoms with Gasteiger partial charge in [-0.1, -0.05) is 0 Å².